The highest BCUT2D eigenvalue weighted by Gasteiger charge is 2.28. The number of hydrogen-bond acceptors (Lipinski definition) is 6. The van der Waals surface area contributed by atoms with E-state index in [1.54, 1.807) is 41.4 Å². The van der Waals surface area contributed by atoms with Crippen LogP contribution < -0.4 is 21.5 Å². The van der Waals surface area contributed by atoms with Crippen LogP contribution in [0, 0.1) is 11.6 Å². The summed E-state index contributed by atoms with van der Waals surface area (Å²) in [5.41, 5.74) is 11.0. The maximum Gasteiger partial charge on any atom is 0.322 e. The molecule has 2 aromatic carbocycles. The summed E-state index contributed by atoms with van der Waals surface area (Å²) < 4.78 is 34.0. The third-order valence-electron chi connectivity index (χ3n) is 7.14. The first-order valence-electron chi connectivity index (χ1n) is 13.8. The molecule has 3 aromatic rings. The minimum Gasteiger partial charge on any atom is -0.439 e. The van der Waals surface area contributed by atoms with Gasteiger partial charge in [-0.2, -0.15) is 0 Å². The first-order chi connectivity index (χ1) is 20.1. The van der Waals surface area contributed by atoms with E-state index in [4.69, 9.17) is 16.2 Å². The molecule has 0 unspecified atom stereocenters. The van der Waals surface area contributed by atoms with E-state index in [9.17, 15) is 23.2 Å². The molecule has 1 aliphatic heterocycles. The van der Waals surface area contributed by atoms with Crippen LogP contribution in [0.3, 0.4) is 0 Å². The quantitative estimate of drug-likeness (QED) is 0.274. The van der Waals surface area contributed by atoms with Gasteiger partial charge in [0.1, 0.15) is 17.4 Å². The minimum atomic E-state index is -1.08. The third-order valence-corrected chi connectivity index (χ3v) is 7.14. The fourth-order valence-electron chi connectivity index (χ4n) is 4.82. The van der Waals surface area contributed by atoms with Crippen molar-refractivity contribution in [1.29, 1.82) is 0 Å². The van der Waals surface area contributed by atoms with Crippen molar-refractivity contribution in [2.24, 2.45) is 11.5 Å². The summed E-state index contributed by atoms with van der Waals surface area (Å²) in [6, 6.07) is 11.1. The molecule has 1 aliphatic rings. The lowest BCUT2D eigenvalue weighted by atomic mass is 10.0. The molecule has 0 bridgehead atoms. The molecule has 1 aromatic heterocycles. The molecule has 43 heavy (non-hydrogen) atoms. The Balaban J connectivity index is 0.00000506. The zero-order valence-corrected chi connectivity index (χ0v) is 24.5. The zero-order chi connectivity index (χ0) is 30.2. The molecule has 2 heterocycles. The Morgan fingerprint density at radius 2 is 1.72 bits per heavy atom. The number of pyridine rings is 1. The molecule has 4 rings (SSSR count). The molecule has 230 valence electrons. The third kappa shape index (κ3) is 8.85. The number of likely N-dealkylation sites (tertiary alicyclic amines) is 1. The van der Waals surface area contributed by atoms with E-state index in [0.717, 1.165) is 37.6 Å². The van der Waals surface area contributed by atoms with Crippen LogP contribution >= 0.6 is 12.4 Å². The number of hydrogen-bond donors (Lipinski definition) is 3. The molecule has 4 amide bonds. The molecule has 0 saturated carbocycles. The number of carbonyl (C=O) groups is 3. The number of primary amides is 2. The van der Waals surface area contributed by atoms with Crippen molar-refractivity contribution < 1.29 is 27.9 Å². The Morgan fingerprint density at radius 3 is 2.30 bits per heavy atom. The predicted octanol–water partition coefficient (Wildman–Crippen LogP) is 5.07. The number of halogens is 3. The molecular formula is C30H35ClF2N6O4. The molecule has 13 heteroatoms. The number of anilines is 1. The number of nitrogens with two attached hydrogens (primary N) is 2. The summed E-state index contributed by atoms with van der Waals surface area (Å²) >= 11 is 0. The highest BCUT2D eigenvalue weighted by atomic mass is 35.5. The molecule has 10 nitrogen and oxygen atoms in total. The summed E-state index contributed by atoms with van der Waals surface area (Å²) in [7, 11) is 0. The van der Waals surface area contributed by atoms with E-state index < -0.39 is 35.0 Å². The Kier molecular flexibility index (Phi) is 11.8. The molecular weight excluding hydrogens is 582 g/mol. The van der Waals surface area contributed by atoms with Crippen molar-refractivity contribution in [2.45, 2.75) is 45.2 Å². The number of urea groups is 1. The van der Waals surface area contributed by atoms with Gasteiger partial charge in [0.05, 0.1) is 11.3 Å². The smallest absolute Gasteiger partial charge is 0.322 e. The first-order valence-corrected chi connectivity index (χ1v) is 13.8. The molecule has 0 aliphatic carbocycles. The zero-order valence-electron chi connectivity index (χ0n) is 23.7. The van der Waals surface area contributed by atoms with Gasteiger partial charge in [-0.05, 0) is 55.2 Å². The van der Waals surface area contributed by atoms with E-state index in [1.165, 1.54) is 0 Å². The Labute approximate surface area is 254 Å². The van der Waals surface area contributed by atoms with Crippen LogP contribution in [0.15, 0.2) is 54.7 Å². The number of nitrogens with one attached hydrogen (secondary N) is 1. The van der Waals surface area contributed by atoms with Gasteiger partial charge in [0.2, 0.25) is 11.8 Å². The standard InChI is InChI=1S/C30H34F2N6O4.ClH/c1-2-3-12-38(30(41)36-26-15-23(29(34)40)24(31)16-25(26)32)21-10-13-37(14-11-21)18-19-4-9-27(35-17-19)42-22-7-5-20(6-8-22)28(33)39;/h4-9,15-17,21H,2-3,10-14,18H2,1H3,(H2,33,39)(H2,34,40)(H,36,41);1H. The molecule has 1 fully saturated rings. The lowest BCUT2D eigenvalue weighted by Crippen LogP contribution is -2.49. The van der Waals surface area contributed by atoms with Crippen molar-refractivity contribution in [3.63, 3.8) is 0 Å². The maximum atomic E-state index is 14.4. The number of aromatic nitrogens is 1. The minimum absolute atomic E-state index is 0. The van der Waals surface area contributed by atoms with Gasteiger partial charge in [-0.25, -0.2) is 18.6 Å². The van der Waals surface area contributed by atoms with Crippen LogP contribution in [0.4, 0.5) is 19.3 Å². The van der Waals surface area contributed by atoms with Crippen LogP contribution in [0.1, 0.15) is 58.9 Å². The first kappa shape index (κ1) is 33.2. The number of carbonyl (C=O) groups excluding carboxylic acids is 3. The average molecular weight is 617 g/mol. The molecule has 5 N–H and O–H groups in total. The van der Waals surface area contributed by atoms with E-state index in [-0.39, 0.29) is 24.1 Å². The number of amides is 4. The topological polar surface area (TPSA) is 144 Å². The highest BCUT2D eigenvalue weighted by molar-refractivity contribution is 5.96. The second-order valence-corrected chi connectivity index (χ2v) is 10.2. The van der Waals surface area contributed by atoms with Crippen molar-refractivity contribution in [3.8, 4) is 11.6 Å². The summed E-state index contributed by atoms with van der Waals surface area (Å²) in [6.45, 7) is 4.64. The van der Waals surface area contributed by atoms with Crippen LogP contribution in [-0.4, -0.2) is 58.3 Å². The van der Waals surface area contributed by atoms with Gasteiger partial charge in [-0.15, -0.1) is 12.4 Å². The van der Waals surface area contributed by atoms with Crippen LogP contribution in [-0.2, 0) is 6.54 Å². The van der Waals surface area contributed by atoms with Crippen molar-refractivity contribution >= 4 is 35.9 Å². The van der Waals surface area contributed by atoms with E-state index in [1.807, 2.05) is 13.0 Å². The number of ether oxygens (including phenoxy) is 1. The van der Waals surface area contributed by atoms with E-state index in [0.29, 0.717) is 49.2 Å². The predicted molar refractivity (Wildman–Crippen MR) is 160 cm³/mol. The van der Waals surface area contributed by atoms with Crippen molar-refractivity contribution in [2.75, 3.05) is 25.0 Å². The lowest BCUT2D eigenvalue weighted by Gasteiger charge is -2.38. The second-order valence-electron chi connectivity index (χ2n) is 10.2. The maximum absolute atomic E-state index is 14.4. The monoisotopic (exact) mass is 616 g/mol. The Hall–Kier alpha value is -4.29. The highest BCUT2D eigenvalue weighted by Crippen LogP contribution is 2.24. The summed E-state index contributed by atoms with van der Waals surface area (Å²) in [5.74, 6) is -2.67. The molecule has 1 saturated heterocycles. The number of benzene rings is 2. The van der Waals surface area contributed by atoms with Gasteiger partial charge in [-0.1, -0.05) is 19.4 Å². The largest absolute Gasteiger partial charge is 0.439 e. The van der Waals surface area contributed by atoms with Gasteiger partial charge in [0.25, 0.3) is 5.91 Å². The van der Waals surface area contributed by atoms with E-state index >= 15 is 0 Å². The fraction of sp³-hybridized carbons (Fsp3) is 0.333. The summed E-state index contributed by atoms with van der Waals surface area (Å²) in [6.07, 6.45) is 4.81. The molecule has 0 radical (unpaired) electrons. The lowest BCUT2D eigenvalue weighted by molar-refractivity contribution is 0.0989. The Morgan fingerprint density at radius 1 is 1.02 bits per heavy atom. The SMILES string of the molecule is CCCCN(C(=O)Nc1cc(C(N)=O)c(F)cc1F)C1CCN(Cc2ccc(Oc3ccc(C(N)=O)cc3)nc2)CC1.Cl. The second kappa shape index (κ2) is 15.3. The van der Waals surface area contributed by atoms with Gasteiger partial charge in [0, 0.05) is 56.1 Å². The van der Waals surface area contributed by atoms with Crippen LogP contribution in [0.25, 0.3) is 0 Å². The number of nitrogens with zero attached hydrogens (tertiary/aromatic N) is 3. The van der Waals surface area contributed by atoms with Gasteiger partial charge in [0.15, 0.2) is 0 Å². The van der Waals surface area contributed by atoms with Crippen molar-refractivity contribution in [3.05, 3.63) is 83.1 Å². The van der Waals surface area contributed by atoms with Crippen LogP contribution in [0.2, 0.25) is 0 Å². The fourth-order valence-corrected chi connectivity index (χ4v) is 4.82. The van der Waals surface area contributed by atoms with Crippen LogP contribution in [0.5, 0.6) is 11.6 Å². The van der Waals surface area contributed by atoms with Crippen molar-refractivity contribution in [1.82, 2.24) is 14.8 Å². The molecule has 0 spiro atoms. The normalized spacial score (nSPS) is 13.6. The summed E-state index contributed by atoms with van der Waals surface area (Å²) in [5, 5.41) is 2.50. The number of rotatable bonds is 11. The Bertz CT molecular complexity index is 1420. The van der Waals surface area contributed by atoms with Gasteiger partial charge >= 0.3 is 6.03 Å². The average Bonchev–Trinajstić information content (AvgIpc) is 2.96. The molecule has 0 atom stereocenters. The van der Waals surface area contributed by atoms with Gasteiger partial charge < -0.3 is 26.4 Å². The van der Waals surface area contributed by atoms with Gasteiger partial charge in [-0.3, -0.25) is 14.5 Å². The summed E-state index contributed by atoms with van der Waals surface area (Å²) in [4.78, 5) is 44.2. The van der Waals surface area contributed by atoms with E-state index in [2.05, 4.69) is 15.2 Å². The number of piperidine rings is 1. The number of unbranched alkanes of at least 4 members (excludes halogenated alkanes) is 1.